The molecule has 1 fully saturated rings. The summed E-state index contributed by atoms with van der Waals surface area (Å²) in [5.41, 5.74) is 1.26. The number of ether oxygens (including phenoxy) is 1. The van der Waals surface area contributed by atoms with Crippen molar-refractivity contribution in [2.45, 2.75) is 24.0 Å². The highest BCUT2D eigenvalue weighted by molar-refractivity contribution is 8.16. The molecule has 2 N–H and O–H groups in total. The number of hydrogen-bond acceptors (Lipinski definition) is 5. The number of carboxylic acid groups (broad SMARTS) is 1. The van der Waals surface area contributed by atoms with E-state index in [0.29, 0.717) is 10.3 Å². The van der Waals surface area contributed by atoms with Crippen molar-refractivity contribution in [2.24, 2.45) is 0 Å². The third kappa shape index (κ3) is 5.14. The number of carbonyl (C=O) groups is 2. The molecule has 1 aromatic rings. The van der Waals surface area contributed by atoms with E-state index in [1.165, 1.54) is 30.4 Å². The van der Waals surface area contributed by atoms with Crippen LogP contribution in [0, 0.1) is 0 Å². The van der Waals surface area contributed by atoms with Crippen LogP contribution in [0.2, 0.25) is 0 Å². The summed E-state index contributed by atoms with van der Waals surface area (Å²) in [6.45, 7) is 1.22. The molecule has 1 amide bonds. The maximum Gasteiger partial charge on any atom is 0.325 e. The summed E-state index contributed by atoms with van der Waals surface area (Å²) in [6.07, 6.45) is 1.26. The highest BCUT2D eigenvalue weighted by atomic mass is 32.2. The van der Waals surface area contributed by atoms with Crippen LogP contribution in [0.3, 0.4) is 0 Å². The Morgan fingerprint density at radius 1 is 1.32 bits per heavy atom. The van der Waals surface area contributed by atoms with Crippen molar-refractivity contribution in [1.29, 1.82) is 0 Å². The predicted octanol–water partition coefficient (Wildman–Crippen LogP) is 2.52. The van der Waals surface area contributed by atoms with Crippen molar-refractivity contribution in [3.8, 4) is 5.75 Å². The molecule has 0 spiro atoms. The third-order valence-corrected chi connectivity index (χ3v) is 6.11. The van der Waals surface area contributed by atoms with E-state index in [1.807, 2.05) is 47.8 Å². The first-order valence-electron chi connectivity index (χ1n) is 7.04. The summed E-state index contributed by atoms with van der Waals surface area (Å²) in [6, 6.07) is 6.81. The lowest BCUT2D eigenvalue weighted by Gasteiger charge is -2.21. The molecule has 0 bridgehead atoms. The van der Waals surface area contributed by atoms with E-state index in [2.05, 4.69) is 5.32 Å². The van der Waals surface area contributed by atoms with Crippen LogP contribution >= 0.6 is 23.5 Å². The first kappa shape index (κ1) is 17.0. The first-order valence-corrected chi connectivity index (χ1v) is 9.14. The van der Waals surface area contributed by atoms with Gasteiger partial charge in [-0.25, -0.2) is 0 Å². The van der Waals surface area contributed by atoms with Crippen molar-refractivity contribution >= 4 is 35.4 Å². The fraction of sp³-hybridized carbons (Fsp3) is 0.467. The van der Waals surface area contributed by atoms with Crippen molar-refractivity contribution in [3.63, 3.8) is 0 Å². The first-order chi connectivity index (χ1) is 10.6. The van der Waals surface area contributed by atoms with Gasteiger partial charge >= 0.3 is 5.97 Å². The topological polar surface area (TPSA) is 75.6 Å². The molecule has 0 unspecified atom stereocenters. The summed E-state index contributed by atoms with van der Waals surface area (Å²) in [7, 11) is 0. The van der Waals surface area contributed by atoms with Crippen LogP contribution in [-0.4, -0.2) is 41.1 Å². The van der Waals surface area contributed by atoms with Gasteiger partial charge in [0.1, 0.15) is 11.8 Å². The molecular weight excluding hydrogens is 322 g/mol. The summed E-state index contributed by atoms with van der Waals surface area (Å²) in [4.78, 5) is 22.2. The molecule has 0 saturated carbocycles. The molecule has 1 aliphatic heterocycles. The van der Waals surface area contributed by atoms with Crippen LogP contribution in [-0.2, 0) is 9.59 Å². The molecule has 0 radical (unpaired) electrons. The third-order valence-electron chi connectivity index (χ3n) is 3.10. The van der Waals surface area contributed by atoms with E-state index in [4.69, 9.17) is 9.84 Å². The van der Waals surface area contributed by atoms with Gasteiger partial charge in [0.05, 0.1) is 4.58 Å². The fourth-order valence-electron chi connectivity index (χ4n) is 1.90. The zero-order valence-electron chi connectivity index (χ0n) is 12.3. The highest BCUT2D eigenvalue weighted by Crippen LogP contribution is 2.43. The van der Waals surface area contributed by atoms with E-state index >= 15 is 0 Å². The zero-order chi connectivity index (χ0) is 15.9. The number of carboxylic acids is 1. The second-order valence-corrected chi connectivity index (χ2v) is 7.64. The van der Waals surface area contributed by atoms with Crippen molar-refractivity contribution < 1.29 is 19.4 Å². The van der Waals surface area contributed by atoms with Gasteiger partial charge in [-0.05, 0) is 42.5 Å². The van der Waals surface area contributed by atoms with E-state index in [-0.39, 0.29) is 6.61 Å². The molecular formula is C15H19NO4S2. The van der Waals surface area contributed by atoms with Gasteiger partial charge in [0.15, 0.2) is 6.61 Å². The number of nitrogens with one attached hydrogen (secondary N) is 1. The highest BCUT2D eigenvalue weighted by Gasteiger charge is 2.17. The Kier molecular flexibility index (Phi) is 6.45. The van der Waals surface area contributed by atoms with Gasteiger partial charge in [-0.3, -0.25) is 9.59 Å². The Hall–Kier alpha value is -1.34. The number of benzene rings is 1. The molecule has 1 aliphatic rings. The van der Waals surface area contributed by atoms with Gasteiger partial charge in [-0.1, -0.05) is 12.1 Å². The zero-order valence-corrected chi connectivity index (χ0v) is 13.9. The van der Waals surface area contributed by atoms with Crippen LogP contribution in [0.4, 0.5) is 0 Å². The average Bonchev–Trinajstić information content (AvgIpc) is 2.54. The molecule has 22 heavy (non-hydrogen) atoms. The maximum absolute atomic E-state index is 11.5. The molecule has 2 rings (SSSR count). The second-order valence-electron chi connectivity index (χ2n) is 4.91. The molecule has 1 aromatic carbocycles. The van der Waals surface area contributed by atoms with E-state index in [0.717, 1.165) is 0 Å². The smallest absolute Gasteiger partial charge is 0.325 e. The Labute approximate surface area is 138 Å². The van der Waals surface area contributed by atoms with Crippen LogP contribution in [0.15, 0.2) is 24.3 Å². The Morgan fingerprint density at radius 2 is 1.95 bits per heavy atom. The minimum atomic E-state index is -1.07. The predicted molar refractivity (Wildman–Crippen MR) is 89.5 cm³/mol. The molecule has 0 aromatic heterocycles. The minimum Gasteiger partial charge on any atom is -0.484 e. The molecule has 7 heteroatoms. The number of amides is 1. The van der Waals surface area contributed by atoms with Crippen LogP contribution < -0.4 is 10.1 Å². The molecule has 0 aliphatic carbocycles. The lowest BCUT2D eigenvalue weighted by molar-refractivity contribution is -0.141. The molecule has 120 valence electrons. The number of hydrogen-bond donors (Lipinski definition) is 2. The number of rotatable bonds is 6. The number of aliphatic carboxylic acids is 1. The Balaban J connectivity index is 1.81. The SMILES string of the molecule is C[C@@H](NC(=O)COc1ccc(C2SCCCS2)cc1)C(=O)O. The monoisotopic (exact) mass is 341 g/mol. The van der Waals surface area contributed by atoms with Gasteiger partial charge in [0.25, 0.3) is 5.91 Å². The van der Waals surface area contributed by atoms with Gasteiger partial charge in [0.2, 0.25) is 0 Å². The summed E-state index contributed by atoms with van der Waals surface area (Å²) < 4.78 is 5.85. The van der Waals surface area contributed by atoms with Gasteiger partial charge < -0.3 is 15.2 Å². The Bertz CT molecular complexity index is 515. The second kappa shape index (κ2) is 8.33. The lowest BCUT2D eigenvalue weighted by Crippen LogP contribution is -2.40. The standard InChI is InChI=1S/C15H19NO4S2/c1-10(14(18)19)16-13(17)9-20-12-5-3-11(4-6-12)15-21-7-2-8-22-15/h3-6,10,15H,2,7-9H2,1H3,(H,16,17)(H,18,19)/t10-/m1/s1. The average molecular weight is 341 g/mol. The molecule has 1 atom stereocenters. The summed E-state index contributed by atoms with van der Waals surface area (Å²) in [5, 5.41) is 11.1. The van der Waals surface area contributed by atoms with E-state index in [1.54, 1.807) is 0 Å². The van der Waals surface area contributed by atoms with E-state index in [9.17, 15) is 9.59 Å². The van der Waals surface area contributed by atoms with Gasteiger partial charge in [0, 0.05) is 0 Å². The van der Waals surface area contributed by atoms with Crippen LogP contribution in [0.25, 0.3) is 0 Å². The minimum absolute atomic E-state index is 0.191. The Morgan fingerprint density at radius 3 is 2.55 bits per heavy atom. The molecule has 1 heterocycles. The summed E-state index contributed by atoms with van der Waals surface area (Å²) >= 11 is 3.90. The molecule has 5 nitrogen and oxygen atoms in total. The largest absolute Gasteiger partial charge is 0.484 e. The maximum atomic E-state index is 11.5. The molecule has 1 saturated heterocycles. The van der Waals surface area contributed by atoms with Crippen LogP contribution in [0.5, 0.6) is 5.75 Å². The van der Waals surface area contributed by atoms with Gasteiger partial charge in [-0.15, -0.1) is 23.5 Å². The normalized spacial score (nSPS) is 16.8. The fourth-order valence-corrected chi connectivity index (χ4v) is 4.79. The van der Waals surface area contributed by atoms with Crippen molar-refractivity contribution in [3.05, 3.63) is 29.8 Å². The number of thioether (sulfide) groups is 2. The lowest BCUT2D eigenvalue weighted by atomic mass is 10.2. The van der Waals surface area contributed by atoms with Crippen molar-refractivity contribution in [2.75, 3.05) is 18.1 Å². The van der Waals surface area contributed by atoms with Crippen LogP contribution in [0.1, 0.15) is 23.5 Å². The van der Waals surface area contributed by atoms with Gasteiger partial charge in [-0.2, -0.15) is 0 Å². The number of carbonyl (C=O) groups excluding carboxylic acids is 1. The quantitative estimate of drug-likeness (QED) is 0.828. The van der Waals surface area contributed by atoms with Crippen molar-refractivity contribution in [1.82, 2.24) is 5.32 Å². The van der Waals surface area contributed by atoms with E-state index < -0.39 is 17.9 Å². The summed E-state index contributed by atoms with van der Waals surface area (Å²) in [5.74, 6) is 1.47.